The van der Waals surface area contributed by atoms with Gasteiger partial charge in [0.2, 0.25) is 0 Å². The fraction of sp³-hybridized carbons (Fsp3) is 0.250. The Morgan fingerprint density at radius 3 is 2.70 bits per heavy atom. The monoisotopic (exact) mass is 335 g/mol. The molecule has 1 fully saturated rings. The van der Waals surface area contributed by atoms with Crippen molar-refractivity contribution in [2.24, 2.45) is 0 Å². The summed E-state index contributed by atoms with van der Waals surface area (Å²) >= 11 is 3.32. The number of benzene rings is 2. The van der Waals surface area contributed by atoms with Crippen molar-refractivity contribution in [3.63, 3.8) is 0 Å². The first kappa shape index (κ1) is 13.6. The molecule has 0 atom stereocenters. The lowest BCUT2D eigenvalue weighted by atomic mass is 10.2. The van der Waals surface area contributed by atoms with E-state index < -0.39 is 0 Å². The molecule has 2 aromatic carbocycles. The van der Waals surface area contributed by atoms with Crippen molar-refractivity contribution < 1.29 is 9.13 Å². The van der Waals surface area contributed by atoms with E-state index in [9.17, 15) is 4.39 Å². The summed E-state index contributed by atoms with van der Waals surface area (Å²) in [6.07, 6.45) is 2.51. The topological polar surface area (TPSA) is 21.3 Å². The van der Waals surface area contributed by atoms with E-state index in [0.717, 1.165) is 17.9 Å². The molecule has 0 aromatic heterocycles. The van der Waals surface area contributed by atoms with E-state index in [4.69, 9.17) is 4.74 Å². The molecule has 1 aliphatic carbocycles. The van der Waals surface area contributed by atoms with Crippen molar-refractivity contribution in [1.82, 2.24) is 5.32 Å². The standard InChI is InChI=1S/C16H15BrFNO/c17-14-9-12(18)5-8-16(14)20-15-4-2-1-3-11(15)10-19-13-6-7-13/h1-5,8-9,13,19H,6-7,10H2. The van der Waals surface area contributed by atoms with Gasteiger partial charge in [0.1, 0.15) is 17.3 Å². The van der Waals surface area contributed by atoms with E-state index in [1.807, 2.05) is 24.3 Å². The van der Waals surface area contributed by atoms with Crippen LogP contribution in [0, 0.1) is 5.82 Å². The van der Waals surface area contributed by atoms with Crippen LogP contribution >= 0.6 is 15.9 Å². The molecule has 0 amide bonds. The van der Waals surface area contributed by atoms with E-state index in [1.165, 1.54) is 25.0 Å². The number of hydrogen-bond acceptors (Lipinski definition) is 2. The van der Waals surface area contributed by atoms with Gasteiger partial charge in [0.05, 0.1) is 4.47 Å². The molecule has 1 aliphatic rings. The van der Waals surface area contributed by atoms with Crippen LogP contribution in [0.25, 0.3) is 0 Å². The number of rotatable bonds is 5. The summed E-state index contributed by atoms with van der Waals surface area (Å²) in [5.74, 6) is 1.13. The Labute approximate surface area is 126 Å². The Morgan fingerprint density at radius 1 is 1.15 bits per heavy atom. The van der Waals surface area contributed by atoms with Gasteiger partial charge in [0.15, 0.2) is 0 Å². The Morgan fingerprint density at radius 2 is 1.95 bits per heavy atom. The van der Waals surface area contributed by atoms with Crippen LogP contribution in [0.15, 0.2) is 46.9 Å². The van der Waals surface area contributed by atoms with Crippen molar-refractivity contribution >= 4 is 15.9 Å². The molecule has 2 nitrogen and oxygen atoms in total. The second-order valence-corrected chi connectivity index (χ2v) is 5.79. The number of hydrogen-bond donors (Lipinski definition) is 1. The lowest BCUT2D eigenvalue weighted by Gasteiger charge is -2.12. The number of halogens is 2. The molecule has 4 heteroatoms. The molecule has 0 bridgehead atoms. The summed E-state index contributed by atoms with van der Waals surface area (Å²) in [4.78, 5) is 0. The molecule has 1 saturated carbocycles. The zero-order valence-electron chi connectivity index (χ0n) is 10.9. The zero-order valence-corrected chi connectivity index (χ0v) is 12.5. The first-order valence-corrected chi connectivity index (χ1v) is 7.46. The highest BCUT2D eigenvalue weighted by Gasteiger charge is 2.20. The van der Waals surface area contributed by atoms with Gasteiger partial charge in [-0.3, -0.25) is 0 Å². The quantitative estimate of drug-likeness (QED) is 0.859. The van der Waals surface area contributed by atoms with Crippen molar-refractivity contribution in [1.29, 1.82) is 0 Å². The normalized spacial score (nSPS) is 14.3. The van der Waals surface area contributed by atoms with E-state index in [2.05, 4.69) is 21.2 Å². The molecular weight excluding hydrogens is 321 g/mol. The van der Waals surface area contributed by atoms with Gasteiger partial charge in [-0.25, -0.2) is 4.39 Å². The minimum atomic E-state index is -0.284. The van der Waals surface area contributed by atoms with Crippen LogP contribution in [0.5, 0.6) is 11.5 Å². The van der Waals surface area contributed by atoms with Gasteiger partial charge in [-0.15, -0.1) is 0 Å². The summed E-state index contributed by atoms with van der Waals surface area (Å²) < 4.78 is 19.6. The summed E-state index contributed by atoms with van der Waals surface area (Å²) in [5.41, 5.74) is 1.11. The largest absolute Gasteiger partial charge is 0.456 e. The molecule has 0 spiro atoms. The number of para-hydroxylation sites is 1. The summed E-state index contributed by atoms with van der Waals surface area (Å²) in [5, 5.41) is 3.47. The SMILES string of the molecule is Fc1ccc(Oc2ccccc2CNC2CC2)c(Br)c1. The number of ether oxygens (including phenoxy) is 1. The van der Waals surface area contributed by atoms with Gasteiger partial charge in [-0.05, 0) is 53.0 Å². The molecule has 104 valence electrons. The van der Waals surface area contributed by atoms with Crippen molar-refractivity contribution in [3.8, 4) is 11.5 Å². The molecular formula is C16H15BrFNO. The summed E-state index contributed by atoms with van der Waals surface area (Å²) in [7, 11) is 0. The van der Waals surface area contributed by atoms with Crippen LogP contribution < -0.4 is 10.1 Å². The van der Waals surface area contributed by atoms with E-state index >= 15 is 0 Å². The van der Waals surface area contributed by atoms with Gasteiger partial charge in [0.25, 0.3) is 0 Å². The Bertz CT molecular complexity index is 613. The van der Waals surface area contributed by atoms with Crippen LogP contribution in [0.4, 0.5) is 4.39 Å². The Balaban J connectivity index is 1.78. The van der Waals surface area contributed by atoms with Crippen LogP contribution in [0.3, 0.4) is 0 Å². The summed E-state index contributed by atoms with van der Waals surface area (Å²) in [6, 6.07) is 13.0. The molecule has 0 heterocycles. The fourth-order valence-corrected chi connectivity index (χ4v) is 2.40. The predicted molar refractivity (Wildman–Crippen MR) is 80.5 cm³/mol. The number of nitrogens with one attached hydrogen (secondary N) is 1. The van der Waals surface area contributed by atoms with Gasteiger partial charge in [-0.1, -0.05) is 18.2 Å². The van der Waals surface area contributed by atoms with Crippen LogP contribution in [-0.4, -0.2) is 6.04 Å². The predicted octanol–water partition coefficient (Wildman–Crippen LogP) is 4.63. The molecule has 0 aliphatic heterocycles. The second-order valence-electron chi connectivity index (χ2n) is 4.94. The van der Waals surface area contributed by atoms with Crippen LogP contribution in [0.2, 0.25) is 0 Å². The summed E-state index contributed by atoms with van der Waals surface area (Å²) in [6.45, 7) is 0.791. The van der Waals surface area contributed by atoms with Gasteiger partial charge >= 0.3 is 0 Å². The molecule has 0 unspecified atom stereocenters. The van der Waals surface area contributed by atoms with E-state index in [1.54, 1.807) is 6.07 Å². The first-order chi connectivity index (χ1) is 9.72. The Hall–Kier alpha value is -1.39. The Kier molecular flexibility index (Phi) is 4.03. The first-order valence-electron chi connectivity index (χ1n) is 6.66. The van der Waals surface area contributed by atoms with Crippen molar-refractivity contribution in [2.75, 3.05) is 0 Å². The average Bonchev–Trinajstić information content (AvgIpc) is 3.25. The highest BCUT2D eigenvalue weighted by atomic mass is 79.9. The third-order valence-electron chi connectivity index (χ3n) is 3.24. The minimum Gasteiger partial charge on any atom is -0.456 e. The smallest absolute Gasteiger partial charge is 0.141 e. The zero-order chi connectivity index (χ0) is 13.9. The van der Waals surface area contributed by atoms with Crippen LogP contribution in [-0.2, 0) is 6.54 Å². The lowest BCUT2D eigenvalue weighted by Crippen LogP contribution is -2.15. The minimum absolute atomic E-state index is 0.284. The highest BCUT2D eigenvalue weighted by Crippen LogP contribution is 2.32. The molecule has 1 N–H and O–H groups in total. The molecule has 3 rings (SSSR count). The molecule has 0 saturated heterocycles. The van der Waals surface area contributed by atoms with Gasteiger partial charge in [0, 0.05) is 18.2 Å². The second kappa shape index (κ2) is 5.94. The maximum atomic E-state index is 13.1. The average molecular weight is 336 g/mol. The molecule has 0 radical (unpaired) electrons. The van der Waals surface area contributed by atoms with Crippen molar-refractivity contribution in [2.45, 2.75) is 25.4 Å². The van der Waals surface area contributed by atoms with Crippen molar-refractivity contribution in [3.05, 3.63) is 58.3 Å². The lowest BCUT2D eigenvalue weighted by molar-refractivity contribution is 0.467. The maximum absolute atomic E-state index is 13.1. The highest BCUT2D eigenvalue weighted by molar-refractivity contribution is 9.10. The van der Waals surface area contributed by atoms with Gasteiger partial charge in [-0.2, -0.15) is 0 Å². The molecule has 2 aromatic rings. The third kappa shape index (κ3) is 3.38. The maximum Gasteiger partial charge on any atom is 0.141 e. The van der Waals surface area contributed by atoms with E-state index in [-0.39, 0.29) is 5.82 Å². The van der Waals surface area contributed by atoms with E-state index in [0.29, 0.717) is 16.3 Å². The van der Waals surface area contributed by atoms with Gasteiger partial charge < -0.3 is 10.1 Å². The molecule has 20 heavy (non-hydrogen) atoms. The third-order valence-corrected chi connectivity index (χ3v) is 3.86. The fourth-order valence-electron chi connectivity index (χ4n) is 1.97. The van der Waals surface area contributed by atoms with Crippen LogP contribution in [0.1, 0.15) is 18.4 Å².